The van der Waals surface area contributed by atoms with E-state index in [4.69, 9.17) is 11.6 Å². The molecule has 0 saturated carbocycles. The molecule has 0 unspecified atom stereocenters. The van der Waals surface area contributed by atoms with Crippen molar-refractivity contribution in [1.82, 2.24) is 10.2 Å². The van der Waals surface area contributed by atoms with Gasteiger partial charge in [-0.1, -0.05) is 61.3 Å². The highest BCUT2D eigenvalue weighted by Gasteiger charge is 2.29. The van der Waals surface area contributed by atoms with Gasteiger partial charge in [0.05, 0.1) is 11.9 Å². The van der Waals surface area contributed by atoms with Crippen LogP contribution < -0.4 is 9.62 Å². The van der Waals surface area contributed by atoms with E-state index in [0.29, 0.717) is 23.7 Å². The summed E-state index contributed by atoms with van der Waals surface area (Å²) in [6.45, 7) is 4.06. The Bertz CT molecular complexity index is 1030. The van der Waals surface area contributed by atoms with Crippen LogP contribution in [0, 0.1) is 0 Å². The standard InChI is InChI=1S/C24H32ClN3O4S/c1-4-5-15-26-24(30)19(2)27(16-14-20-10-7-6-8-11-20)23(29)18-28(33(3,31)32)22-13-9-12-21(25)17-22/h6-13,17,19H,4-5,14-16,18H2,1-3H3,(H,26,30)/t19-/m0/s1. The third-order valence-corrected chi connectivity index (χ3v) is 6.63. The fourth-order valence-electron chi connectivity index (χ4n) is 3.35. The van der Waals surface area contributed by atoms with E-state index in [1.807, 2.05) is 37.3 Å². The van der Waals surface area contributed by atoms with Gasteiger partial charge in [0.15, 0.2) is 0 Å². The Morgan fingerprint density at radius 1 is 1.09 bits per heavy atom. The van der Waals surface area contributed by atoms with Gasteiger partial charge >= 0.3 is 0 Å². The largest absolute Gasteiger partial charge is 0.354 e. The molecule has 0 saturated heterocycles. The van der Waals surface area contributed by atoms with Crippen LogP contribution in [-0.2, 0) is 26.0 Å². The Labute approximate surface area is 201 Å². The lowest BCUT2D eigenvalue weighted by Crippen LogP contribution is -2.52. The van der Waals surface area contributed by atoms with Crippen LogP contribution in [0.1, 0.15) is 32.3 Å². The molecule has 7 nitrogen and oxygen atoms in total. The number of benzene rings is 2. The van der Waals surface area contributed by atoms with Crippen LogP contribution in [0.3, 0.4) is 0 Å². The van der Waals surface area contributed by atoms with Gasteiger partial charge in [-0.25, -0.2) is 8.42 Å². The molecular formula is C24H32ClN3O4S. The number of unbranched alkanes of at least 4 members (excludes halogenated alkanes) is 1. The Balaban J connectivity index is 2.26. The molecule has 0 radical (unpaired) electrons. The molecule has 0 aromatic heterocycles. The summed E-state index contributed by atoms with van der Waals surface area (Å²) in [5, 5.41) is 3.22. The Kier molecular flexibility index (Phi) is 10.2. The molecular weight excluding hydrogens is 462 g/mol. The van der Waals surface area contributed by atoms with E-state index in [9.17, 15) is 18.0 Å². The first-order valence-corrected chi connectivity index (χ1v) is 13.2. The highest BCUT2D eigenvalue weighted by molar-refractivity contribution is 7.92. The van der Waals surface area contributed by atoms with Crippen LogP contribution >= 0.6 is 11.6 Å². The van der Waals surface area contributed by atoms with Crippen molar-refractivity contribution in [2.45, 2.75) is 39.2 Å². The molecule has 2 rings (SSSR count). The van der Waals surface area contributed by atoms with Crippen LogP contribution in [0.4, 0.5) is 5.69 Å². The van der Waals surface area contributed by atoms with Crippen LogP contribution in [-0.4, -0.2) is 57.1 Å². The molecule has 0 aliphatic heterocycles. The topological polar surface area (TPSA) is 86.8 Å². The van der Waals surface area contributed by atoms with Crippen LogP contribution in [0.2, 0.25) is 5.02 Å². The smallest absolute Gasteiger partial charge is 0.244 e. The molecule has 33 heavy (non-hydrogen) atoms. The van der Waals surface area contributed by atoms with Gasteiger partial charge in [0, 0.05) is 18.1 Å². The second-order valence-electron chi connectivity index (χ2n) is 7.89. The molecule has 0 spiro atoms. The molecule has 0 aliphatic carbocycles. The molecule has 1 atom stereocenters. The summed E-state index contributed by atoms with van der Waals surface area (Å²) in [6.07, 6.45) is 3.35. The zero-order valence-electron chi connectivity index (χ0n) is 19.3. The summed E-state index contributed by atoms with van der Waals surface area (Å²) in [5.41, 5.74) is 1.31. The van der Waals surface area contributed by atoms with Gasteiger partial charge in [-0.15, -0.1) is 0 Å². The van der Waals surface area contributed by atoms with E-state index in [0.717, 1.165) is 29.0 Å². The first kappa shape index (κ1) is 26.7. The van der Waals surface area contributed by atoms with Crippen molar-refractivity contribution in [3.63, 3.8) is 0 Å². The minimum atomic E-state index is -3.77. The average molecular weight is 494 g/mol. The summed E-state index contributed by atoms with van der Waals surface area (Å²) >= 11 is 6.04. The lowest BCUT2D eigenvalue weighted by atomic mass is 10.1. The van der Waals surface area contributed by atoms with Gasteiger partial charge in [0.2, 0.25) is 21.8 Å². The molecule has 1 N–H and O–H groups in total. The third kappa shape index (κ3) is 8.37. The Hall–Kier alpha value is -2.58. The SMILES string of the molecule is CCCCNC(=O)[C@H](C)N(CCc1ccccc1)C(=O)CN(c1cccc(Cl)c1)S(C)(=O)=O. The number of halogens is 1. The minimum Gasteiger partial charge on any atom is -0.354 e. The third-order valence-electron chi connectivity index (χ3n) is 5.26. The fourth-order valence-corrected chi connectivity index (χ4v) is 4.38. The van der Waals surface area contributed by atoms with E-state index in [2.05, 4.69) is 5.32 Å². The monoisotopic (exact) mass is 493 g/mol. The summed E-state index contributed by atoms with van der Waals surface area (Å²) in [6, 6.07) is 15.2. The summed E-state index contributed by atoms with van der Waals surface area (Å²) in [5.74, 6) is -0.729. The summed E-state index contributed by atoms with van der Waals surface area (Å²) in [4.78, 5) is 27.5. The van der Waals surface area contributed by atoms with Crippen molar-refractivity contribution >= 4 is 39.1 Å². The van der Waals surface area contributed by atoms with Crippen molar-refractivity contribution in [3.8, 4) is 0 Å². The van der Waals surface area contributed by atoms with Gasteiger partial charge < -0.3 is 10.2 Å². The number of hydrogen-bond acceptors (Lipinski definition) is 4. The fraction of sp³-hybridized carbons (Fsp3) is 0.417. The van der Waals surface area contributed by atoms with E-state index in [-0.39, 0.29) is 12.5 Å². The number of carbonyl (C=O) groups is 2. The zero-order valence-corrected chi connectivity index (χ0v) is 20.9. The lowest BCUT2D eigenvalue weighted by molar-refractivity contribution is -0.138. The number of amides is 2. The van der Waals surface area contributed by atoms with Crippen LogP contribution in [0.25, 0.3) is 0 Å². The maximum absolute atomic E-state index is 13.4. The maximum Gasteiger partial charge on any atom is 0.244 e. The summed E-state index contributed by atoms with van der Waals surface area (Å²) < 4.78 is 26.0. The second-order valence-corrected chi connectivity index (χ2v) is 10.2. The number of rotatable bonds is 12. The Morgan fingerprint density at radius 2 is 1.79 bits per heavy atom. The number of hydrogen-bond donors (Lipinski definition) is 1. The molecule has 0 fully saturated rings. The highest BCUT2D eigenvalue weighted by Crippen LogP contribution is 2.22. The number of sulfonamides is 1. The number of nitrogens with zero attached hydrogens (tertiary/aromatic N) is 2. The molecule has 180 valence electrons. The Morgan fingerprint density at radius 3 is 2.39 bits per heavy atom. The molecule has 2 amide bonds. The van der Waals surface area contributed by atoms with E-state index in [1.54, 1.807) is 25.1 Å². The van der Waals surface area contributed by atoms with Gasteiger partial charge in [-0.3, -0.25) is 13.9 Å². The van der Waals surface area contributed by atoms with E-state index in [1.165, 1.54) is 11.0 Å². The maximum atomic E-state index is 13.4. The van der Waals surface area contributed by atoms with Gasteiger partial charge in [0.25, 0.3) is 0 Å². The molecule has 2 aromatic carbocycles. The zero-order chi connectivity index (χ0) is 24.4. The van der Waals surface area contributed by atoms with Crippen molar-refractivity contribution in [1.29, 1.82) is 0 Å². The summed E-state index contributed by atoms with van der Waals surface area (Å²) in [7, 11) is -3.77. The van der Waals surface area contributed by atoms with Crippen molar-refractivity contribution in [3.05, 3.63) is 65.2 Å². The van der Waals surface area contributed by atoms with Crippen LogP contribution in [0.15, 0.2) is 54.6 Å². The molecule has 9 heteroatoms. The van der Waals surface area contributed by atoms with Crippen LogP contribution in [0.5, 0.6) is 0 Å². The molecule has 0 bridgehead atoms. The van der Waals surface area contributed by atoms with Crippen molar-refractivity contribution < 1.29 is 18.0 Å². The molecule has 2 aromatic rings. The number of anilines is 1. The first-order chi connectivity index (χ1) is 15.6. The van der Waals surface area contributed by atoms with E-state index < -0.39 is 28.5 Å². The number of nitrogens with one attached hydrogen (secondary N) is 1. The first-order valence-electron chi connectivity index (χ1n) is 11.0. The molecule has 0 aliphatic rings. The van der Waals surface area contributed by atoms with E-state index >= 15 is 0 Å². The predicted molar refractivity (Wildman–Crippen MR) is 133 cm³/mol. The average Bonchev–Trinajstić information content (AvgIpc) is 2.77. The van der Waals surface area contributed by atoms with Crippen molar-refractivity contribution in [2.24, 2.45) is 0 Å². The van der Waals surface area contributed by atoms with Gasteiger partial charge in [-0.2, -0.15) is 0 Å². The van der Waals surface area contributed by atoms with Crippen molar-refractivity contribution in [2.75, 3.05) is 30.2 Å². The van der Waals surface area contributed by atoms with Gasteiger partial charge in [-0.05, 0) is 43.5 Å². The number of carbonyl (C=O) groups excluding carboxylic acids is 2. The quantitative estimate of drug-likeness (QED) is 0.458. The highest BCUT2D eigenvalue weighted by atomic mass is 35.5. The van der Waals surface area contributed by atoms with Gasteiger partial charge in [0.1, 0.15) is 12.6 Å². The normalized spacial score (nSPS) is 12.1. The predicted octanol–water partition coefficient (Wildman–Crippen LogP) is 3.48. The lowest BCUT2D eigenvalue weighted by Gasteiger charge is -2.31. The second kappa shape index (κ2) is 12.6. The minimum absolute atomic E-state index is 0.265. The molecule has 0 heterocycles.